The molecule has 7 nitrogen and oxygen atoms in total. The van der Waals surface area contributed by atoms with Crippen molar-refractivity contribution in [2.24, 2.45) is 15.3 Å². The highest BCUT2D eigenvalue weighted by Crippen LogP contribution is 2.32. The van der Waals surface area contributed by atoms with Crippen LogP contribution < -0.4 is 4.74 Å². The quantitative estimate of drug-likeness (QED) is 0.288. The molecule has 1 amide bonds. The molecule has 2 aromatic rings. The van der Waals surface area contributed by atoms with Gasteiger partial charge in [0.15, 0.2) is 5.17 Å². The number of carbonyl (C=O) groups is 2. The molecule has 2 aliphatic heterocycles. The molecule has 1 N–H and O–H groups in total. The van der Waals surface area contributed by atoms with Crippen LogP contribution in [0, 0.1) is 11.3 Å². The SMILES string of the molecule is CC(C)CSC1=NSC2=NC(=O)/C(=C\c3ccc(OC(=O)c4cccs4)cc3)C(=N)N12. The number of thiophene rings is 1. The molecule has 3 heterocycles. The Kier molecular flexibility index (Phi) is 6.40. The highest BCUT2D eigenvalue weighted by atomic mass is 32.2. The Morgan fingerprint density at radius 2 is 2.06 bits per heavy atom. The number of nitrogens with zero attached hydrogens (tertiary/aromatic N) is 3. The number of thioether (sulfide) groups is 1. The van der Waals surface area contributed by atoms with E-state index in [0.29, 0.717) is 32.4 Å². The molecule has 0 saturated carbocycles. The molecular weight excluding hydrogens is 452 g/mol. The van der Waals surface area contributed by atoms with Crippen LogP contribution in [0.25, 0.3) is 6.08 Å². The van der Waals surface area contributed by atoms with Gasteiger partial charge in [0.2, 0.25) is 5.17 Å². The summed E-state index contributed by atoms with van der Waals surface area (Å²) in [6, 6.07) is 10.3. The highest BCUT2D eigenvalue weighted by Gasteiger charge is 2.37. The molecule has 0 saturated heterocycles. The first-order valence-electron chi connectivity index (χ1n) is 9.39. The largest absolute Gasteiger partial charge is 0.422 e. The molecule has 0 fully saturated rings. The number of aliphatic imine (C=N–C) groups is 1. The van der Waals surface area contributed by atoms with Gasteiger partial charge in [-0.05, 0) is 41.1 Å². The lowest BCUT2D eigenvalue weighted by atomic mass is 10.1. The van der Waals surface area contributed by atoms with Crippen molar-refractivity contribution in [1.29, 1.82) is 5.41 Å². The number of ether oxygens (including phenoxy) is 1. The van der Waals surface area contributed by atoms with Crippen LogP contribution >= 0.6 is 35.0 Å². The first-order chi connectivity index (χ1) is 14.9. The third-order valence-corrected chi connectivity index (χ3v) is 7.20. The molecule has 0 radical (unpaired) electrons. The standard InChI is InChI=1S/C21H18N4O3S3/c1-12(2)11-30-21-24-31-20-23-18(26)15(17(22)25(20)21)10-13-5-7-14(8-6-13)28-19(27)16-4-3-9-29-16/h3-10,12,22H,11H2,1-2H3/b15-10-,22-17?. The topological polar surface area (TPSA) is 95.2 Å². The number of nitrogens with one attached hydrogen (secondary N) is 1. The van der Waals surface area contributed by atoms with Crippen LogP contribution in [0.1, 0.15) is 29.1 Å². The van der Waals surface area contributed by atoms with E-state index in [1.807, 2.05) is 5.38 Å². The molecule has 0 atom stereocenters. The number of hydrogen-bond acceptors (Lipinski definition) is 8. The van der Waals surface area contributed by atoms with E-state index < -0.39 is 11.9 Å². The summed E-state index contributed by atoms with van der Waals surface area (Å²) in [5.41, 5.74) is 0.885. The van der Waals surface area contributed by atoms with Gasteiger partial charge in [-0.1, -0.05) is 43.8 Å². The van der Waals surface area contributed by atoms with Crippen LogP contribution in [0.15, 0.2) is 56.7 Å². The number of carbonyl (C=O) groups excluding carboxylic acids is 2. The Morgan fingerprint density at radius 3 is 2.74 bits per heavy atom. The smallest absolute Gasteiger partial charge is 0.353 e. The van der Waals surface area contributed by atoms with E-state index in [4.69, 9.17) is 10.1 Å². The van der Waals surface area contributed by atoms with Gasteiger partial charge in [-0.15, -0.1) is 11.3 Å². The zero-order valence-electron chi connectivity index (χ0n) is 16.7. The fraction of sp³-hybridized carbons (Fsp3) is 0.190. The second-order valence-electron chi connectivity index (χ2n) is 7.05. The van der Waals surface area contributed by atoms with Gasteiger partial charge in [-0.2, -0.15) is 9.39 Å². The van der Waals surface area contributed by atoms with Gasteiger partial charge < -0.3 is 4.74 Å². The van der Waals surface area contributed by atoms with Crippen molar-refractivity contribution in [3.8, 4) is 5.75 Å². The minimum atomic E-state index is -0.470. The summed E-state index contributed by atoms with van der Waals surface area (Å²) in [5.74, 6) is 0.910. The van der Waals surface area contributed by atoms with Crippen LogP contribution in [0.5, 0.6) is 5.75 Å². The number of amides is 1. The maximum atomic E-state index is 12.5. The summed E-state index contributed by atoms with van der Waals surface area (Å²) in [6.45, 7) is 4.23. The normalized spacial score (nSPS) is 17.1. The molecule has 31 heavy (non-hydrogen) atoms. The van der Waals surface area contributed by atoms with Crippen molar-refractivity contribution in [2.75, 3.05) is 5.75 Å². The van der Waals surface area contributed by atoms with Crippen molar-refractivity contribution in [1.82, 2.24) is 4.90 Å². The molecule has 1 aromatic heterocycles. The summed E-state index contributed by atoms with van der Waals surface area (Å²) in [6.07, 6.45) is 1.61. The number of rotatable bonds is 5. The lowest BCUT2D eigenvalue weighted by Gasteiger charge is -2.24. The van der Waals surface area contributed by atoms with E-state index in [0.717, 1.165) is 17.7 Å². The lowest BCUT2D eigenvalue weighted by molar-refractivity contribution is -0.114. The third-order valence-electron chi connectivity index (χ3n) is 4.16. The van der Waals surface area contributed by atoms with E-state index in [1.54, 1.807) is 59.1 Å². The van der Waals surface area contributed by atoms with Crippen molar-refractivity contribution in [3.05, 3.63) is 57.8 Å². The summed E-state index contributed by atoms with van der Waals surface area (Å²) in [7, 11) is 0. The van der Waals surface area contributed by atoms with E-state index in [2.05, 4.69) is 23.2 Å². The second kappa shape index (κ2) is 9.21. The Balaban J connectivity index is 1.50. The van der Waals surface area contributed by atoms with Gasteiger partial charge in [0.1, 0.15) is 16.5 Å². The first-order valence-corrected chi connectivity index (χ1v) is 12.0. The van der Waals surface area contributed by atoms with Crippen molar-refractivity contribution in [2.45, 2.75) is 13.8 Å². The maximum Gasteiger partial charge on any atom is 0.353 e. The molecule has 0 unspecified atom stereocenters. The third kappa shape index (κ3) is 4.81. The van der Waals surface area contributed by atoms with Crippen LogP contribution in [0.2, 0.25) is 0 Å². The van der Waals surface area contributed by atoms with E-state index in [1.165, 1.54) is 11.3 Å². The molecule has 0 bridgehead atoms. The minimum absolute atomic E-state index is 0.0585. The number of esters is 1. The van der Waals surface area contributed by atoms with Crippen molar-refractivity contribution < 1.29 is 14.3 Å². The molecular formula is C21H18N4O3S3. The Labute approximate surface area is 191 Å². The van der Waals surface area contributed by atoms with Crippen LogP contribution in [-0.2, 0) is 4.79 Å². The fourth-order valence-corrected chi connectivity index (χ4v) is 5.08. The lowest BCUT2D eigenvalue weighted by Crippen LogP contribution is -2.41. The zero-order chi connectivity index (χ0) is 22.0. The molecule has 1 aromatic carbocycles. The number of amidine groups is 3. The van der Waals surface area contributed by atoms with Crippen molar-refractivity contribution in [3.63, 3.8) is 0 Å². The average Bonchev–Trinajstić information content (AvgIpc) is 3.41. The number of fused-ring (bicyclic) bond motifs is 1. The minimum Gasteiger partial charge on any atom is -0.422 e. The van der Waals surface area contributed by atoms with E-state index in [-0.39, 0.29) is 11.4 Å². The van der Waals surface area contributed by atoms with Gasteiger partial charge in [-0.3, -0.25) is 10.2 Å². The number of hydrogen-bond donors (Lipinski definition) is 1. The van der Waals surface area contributed by atoms with E-state index >= 15 is 0 Å². The fourth-order valence-electron chi connectivity index (χ4n) is 2.69. The monoisotopic (exact) mass is 470 g/mol. The van der Waals surface area contributed by atoms with Gasteiger partial charge in [0.25, 0.3) is 5.91 Å². The Hall–Kier alpha value is -2.69. The van der Waals surface area contributed by atoms with Gasteiger partial charge in [0, 0.05) is 5.75 Å². The molecule has 0 aliphatic carbocycles. The molecule has 2 aliphatic rings. The highest BCUT2D eigenvalue weighted by molar-refractivity contribution is 8.19. The first kappa shape index (κ1) is 21.5. The predicted molar refractivity (Wildman–Crippen MR) is 128 cm³/mol. The maximum absolute atomic E-state index is 12.5. The van der Waals surface area contributed by atoms with Crippen LogP contribution in [0.3, 0.4) is 0 Å². The second-order valence-corrected chi connectivity index (χ2v) is 9.71. The average molecular weight is 471 g/mol. The summed E-state index contributed by atoms with van der Waals surface area (Å²) >= 11 is 3.97. The summed E-state index contributed by atoms with van der Waals surface area (Å²) < 4.78 is 9.72. The summed E-state index contributed by atoms with van der Waals surface area (Å²) in [4.78, 5) is 30.8. The van der Waals surface area contributed by atoms with Crippen LogP contribution in [-0.4, -0.2) is 38.7 Å². The van der Waals surface area contributed by atoms with Crippen molar-refractivity contribution >= 4 is 69.2 Å². The predicted octanol–water partition coefficient (Wildman–Crippen LogP) is 4.93. The zero-order valence-corrected chi connectivity index (χ0v) is 19.1. The Morgan fingerprint density at radius 1 is 1.29 bits per heavy atom. The van der Waals surface area contributed by atoms with Gasteiger partial charge in [0.05, 0.1) is 17.5 Å². The Bertz CT molecular complexity index is 1120. The van der Waals surface area contributed by atoms with E-state index in [9.17, 15) is 9.59 Å². The number of benzene rings is 1. The molecule has 10 heteroatoms. The summed E-state index contributed by atoms with van der Waals surface area (Å²) in [5, 5.41) is 11.5. The van der Waals surface area contributed by atoms with Crippen LogP contribution in [0.4, 0.5) is 0 Å². The van der Waals surface area contributed by atoms with Gasteiger partial charge in [-0.25, -0.2) is 9.69 Å². The molecule has 158 valence electrons. The molecule has 0 spiro atoms. The van der Waals surface area contributed by atoms with Gasteiger partial charge >= 0.3 is 5.97 Å². The molecule has 4 rings (SSSR count).